The zero-order valence-corrected chi connectivity index (χ0v) is 18.9. The molecule has 3 rings (SSSR count). The van der Waals surface area contributed by atoms with Gasteiger partial charge in [0, 0.05) is 20.1 Å². The number of nitrogens with one attached hydrogen (secondary N) is 1. The summed E-state index contributed by atoms with van der Waals surface area (Å²) in [5, 5.41) is 2.57. The highest BCUT2D eigenvalue weighted by atomic mass is 32.2. The van der Waals surface area contributed by atoms with Crippen LogP contribution in [0.1, 0.15) is 12.8 Å². The Balaban J connectivity index is 1.79. The molecule has 1 aliphatic rings. The highest BCUT2D eigenvalue weighted by Crippen LogP contribution is 2.30. The molecule has 1 heterocycles. The summed E-state index contributed by atoms with van der Waals surface area (Å²) >= 11 is 0. The van der Waals surface area contributed by atoms with Crippen LogP contribution in [0.3, 0.4) is 0 Å². The van der Waals surface area contributed by atoms with Crippen LogP contribution >= 0.6 is 0 Å². The van der Waals surface area contributed by atoms with Gasteiger partial charge in [-0.3, -0.25) is 4.79 Å². The molecule has 168 valence electrons. The molecule has 1 fully saturated rings. The van der Waals surface area contributed by atoms with E-state index in [1.54, 1.807) is 18.2 Å². The van der Waals surface area contributed by atoms with E-state index in [1.807, 2.05) is 0 Å². The number of benzene rings is 2. The van der Waals surface area contributed by atoms with Crippen molar-refractivity contribution >= 4 is 31.6 Å². The summed E-state index contributed by atoms with van der Waals surface area (Å²) in [7, 11) is -4.84. The second kappa shape index (κ2) is 9.35. The van der Waals surface area contributed by atoms with Gasteiger partial charge in [-0.05, 0) is 43.2 Å². The number of hydrogen-bond acceptors (Lipinski definition) is 6. The summed E-state index contributed by atoms with van der Waals surface area (Å²) in [6.07, 6.45) is 1.61. The molecule has 1 saturated heterocycles. The largest absolute Gasteiger partial charge is 0.495 e. The number of carbonyl (C=O) groups excluding carboxylic acids is 1. The van der Waals surface area contributed by atoms with Gasteiger partial charge in [0.15, 0.2) is 0 Å². The van der Waals surface area contributed by atoms with E-state index in [0.29, 0.717) is 13.1 Å². The molecular formula is C20H25N3O6S2. The van der Waals surface area contributed by atoms with E-state index >= 15 is 0 Å². The molecule has 0 radical (unpaired) electrons. The highest BCUT2D eigenvalue weighted by molar-refractivity contribution is 7.89. The van der Waals surface area contributed by atoms with E-state index in [0.717, 1.165) is 17.1 Å². The van der Waals surface area contributed by atoms with E-state index in [-0.39, 0.29) is 21.2 Å². The van der Waals surface area contributed by atoms with Crippen LogP contribution in [0.2, 0.25) is 0 Å². The van der Waals surface area contributed by atoms with Gasteiger partial charge >= 0.3 is 0 Å². The molecular weight excluding hydrogens is 442 g/mol. The van der Waals surface area contributed by atoms with Gasteiger partial charge in [0.2, 0.25) is 26.0 Å². The molecule has 0 bridgehead atoms. The van der Waals surface area contributed by atoms with Crippen molar-refractivity contribution < 1.29 is 26.4 Å². The van der Waals surface area contributed by atoms with Crippen molar-refractivity contribution in [2.24, 2.45) is 0 Å². The number of amides is 1. The lowest BCUT2D eigenvalue weighted by molar-refractivity contribution is -0.116. The quantitative estimate of drug-likeness (QED) is 0.633. The molecule has 0 saturated carbocycles. The standard InChI is InChI=1S/C20H25N3O6S2/c1-22(30(25,26)16-8-4-3-5-9-16)15-20(24)21-18-14-17(10-11-19(18)29-2)31(27,28)23-12-6-7-13-23/h3-5,8-11,14H,6-7,12-13,15H2,1-2H3,(H,21,24). The van der Waals surface area contributed by atoms with Crippen molar-refractivity contribution in [2.45, 2.75) is 22.6 Å². The first kappa shape index (κ1) is 23.2. The zero-order chi connectivity index (χ0) is 22.6. The maximum Gasteiger partial charge on any atom is 0.243 e. The molecule has 1 N–H and O–H groups in total. The first-order valence-corrected chi connectivity index (χ1v) is 12.5. The predicted molar refractivity (Wildman–Crippen MR) is 116 cm³/mol. The number of anilines is 1. The Hall–Kier alpha value is -2.47. The van der Waals surface area contributed by atoms with Crippen molar-refractivity contribution in [1.82, 2.24) is 8.61 Å². The summed E-state index contributed by atoms with van der Waals surface area (Å²) in [5.74, 6) is -0.363. The van der Waals surface area contributed by atoms with Crippen molar-refractivity contribution in [3.63, 3.8) is 0 Å². The summed E-state index contributed by atoms with van der Waals surface area (Å²) in [5.41, 5.74) is 0.151. The summed E-state index contributed by atoms with van der Waals surface area (Å²) in [6, 6.07) is 12.0. The lowest BCUT2D eigenvalue weighted by atomic mass is 10.3. The molecule has 1 aliphatic heterocycles. The zero-order valence-electron chi connectivity index (χ0n) is 17.3. The van der Waals surface area contributed by atoms with Crippen LogP contribution in [-0.4, -0.2) is 65.1 Å². The number of likely N-dealkylation sites (N-methyl/N-ethyl adjacent to an activating group) is 1. The third-order valence-corrected chi connectivity index (χ3v) is 8.68. The third-order valence-electron chi connectivity index (χ3n) is 4.97. The Morgan fingerprint density at radius 3 is 2.29 bits per heavy atom. The van der Waals surface area contributed by atoms with Gasteiger partial charge in [-0.15, -0.1) is 0 Å². The molecule has 2 aromatic carbocycles. The molecule has 9 nitrogen and oxygen atoms in total. The van der Waals surface area contributed by atoms with E-state index in [9.17, 15) is 21.6 Å². The fraction of sp³-hybridized carbons (Fsp3) is 0.350. The van der Waals surface area contributed by atoms with Crippen LogP contribution in [-0.2, 0) is 24.8 Å². The van der Waals surface area contributed by atoms with Crippen molar-refractivity contribution in [2.75, 3.05) is 39.1 Å². The van der Waals surface area contributed by atoms with Crippen LogP contribution < -0.4 is 10.1 Å². The van der Waals surface area contributed by atoms with E-state index < -0.39 is 32.5 Å². The Bertz CT molecular complexity index is 1140. The molecule has 0 atom stereocenters. The Labute approximate surface area is 182 Å². The molecule has 0 aliphatic carbocycles. The van der Waals surface area contributed by atoms with E-state index in [4.69, 9.17) is 4.74 Å². The first-order chi connectivity index (χ1) is 14.7. The Kier molecular flexibility index (Phi) is 6.99. The number of hydrogen-bond donors (Lipinski definition) is 1. The van der Waals surface area contributed by atoms with Crippen LogP contribution in [0, 0.1) is 0 Å². The minimum atomic E-state index is -3.85. The van der Waals surface area contributed by atoms with Crippen LogP contribution in [0.15, 0.2) is 58.3 Å². The average molecular weight is 468 g/mol. The molecule has 11 heteroatoms. The summed E-state index contributed by atoms with van der Waals surface area (Å²) in [6.45, 7) is 0.458. The summed E-state index contributed by atoms with van der Waals surface area (Å²) in [4.78, 5) is 12.7. The van der Waals surface area contributed by atoms with Gasteiger partial charge in [-0.1, -0.05) is 18.2 Å². The van der Waals surface area contributed by atoms with Gasteiger partial charge in [0.1, 0.15) is 5.75 Å². The highest BCUT2D eigenvalue weighted by Gasteiger charge is 2.28. The molecule has 2 aromatic rings. The number of sulfonamides is 2. The number of rotatable bonds is 8. The molecule has 1 amide bonds. The van der Waals surface area contributed by atoms with E-state index in [1.165, 1.54) is 48.8 Å². The maximum atomic E-state index is 12.8. The number of methoxy groups -OCH3 is 1. The Morgan fingerprint density at radius 1 is 1.03 bits per heavy atom. The molecule has 0 spiro atoms. The Morgan fingerprint density at radius 2 is 1.68 bits per heavy atom. The van der Waals surface area contributed by atoms with Gasteiger partial charge in [0.25, 0.3) is 0 Å². The maximum absolute atomic E-state index is 12.8. The SMILES string of the molecule is COc1ccc(S(=O)(=O)N2CCCC2)cc1NC(=O)CN(C)S(=O)(=O)c1ccccc1. The third kappa shape index (κ3) is 5.06. The van der Waals surface area contributed by atoms with Crippen molar-refractivity contribution in [1.29, 1.82) is 0 Å². The predicted octanol–water partition coefficient (Wildman–Crippen LogP) is 1.74. The van der Waals surface area contributed by atoms with Gasteiger partial charge in [-0.25, -0.2) is 16.8 Å². The summed E-state index contributed by atoms with van der Waals surface area (Å²) < 4.78 is 58.4. The lowest BCUT2D eigenvalue weighted by Gasteiger charge is -2.19. The minimum absolute atomic E-state index is 0.0377. The van der Waals surface area contributed by atoms with E-state index in [2.05, 4.69) is 5.32 Å². The van der Waals surface area contributed by atoms with Crippen molar-refractivity contribution in [3.05, 3.63) is 48.5 Å². The van der Waals surface area contributed by atoms with Gasteiger partial charge < -0.3 is 10.1 Å². The lowest BCUT2D eigenvalue weighted by Crippen LogP contribution is -2.35. The molecule has 0 aromatic heterocycles. The minimum Gasteiger partial charge on any atom is -0.495 e. The molecule has 0 unspecified atom stereocenters. The number of ether oxygens (including phenoxy) is 1. The topological polar surface area (TPSA) is 113 Å². The van der Waals surface area contributed by atoms with Crippen molar-refractivity contribution in [3.8, 4) is 5.75 Å². The van der Waals surface area contributed by atoms with Crippen LogP contribution in [0.25, 0.3) is 0 Å². The fourth-order valence-corrected chi connectivity index (χ4v) is 5.96. The number of nitrogens with zero attached hydrogens (tertiary/aromatic N) is 2. The first-order valence-electron chi connectivity index (χ1n) is 9.65. The van der Waals surface area contributed by atoms with Gasteiger partial charge in [0.05, 0.1) is 29.1 Å². The number of carbonyl (C=O) groups is 1. The smallest absolute Gasteiger partial charge is 0.243 e. The second-order valence-corrected chi connectivity index (χ2v) is 11.1. The second-order valence-electron chi connectivity index (χ2n) is 7.10. The van der Waals surface area contributed by atoms with Gasteiger partial charge in [-0.2, -0.15) is 8.61 Å². The monoisotopic (exact) mass is 467 g/mol. The van der Waals surface area contributed by atoms with Crippen LogP contribution in [0.4, 0.5) is 5.69 Å². The average Bonchev–Trinajstić information content (AvgIpc) is 3.30. The normalized spacial score (nSPS) is 15.2. The fourth-order valence-electron chi connectivity index (χ4n) is 3.27. The molecule has 31 heavy (non-hydrogen) atoms. The van der Waals surface area contributed by atoms with Crippen LogP contribution in [0.5, 0.6) is 5.75 Å².